The molecule has 0 fully saturated rings. The molecule has 3 aromatic carbocycles. The first-order valence-corrected chi connectivity index (χ1v) is 11.3. The maximum absolute atomic E-state index is 14.5. The maximum Gasteiger partial charge on any atom is 0.333 e. The van der Waals surface area contributed by atoms with E-state index in [1.54, 1.807) is 13.0 Å². The number of hydrogen-bond acceptors (Lipinski definition) is 2. The molecule has 0 aromatic heterocycles. The number of ether oxygens (including phenoxy) is 1. The molecular formula is C29H31FO2. The lowest BCUT2D eigenvalue weighted by atomic mass is 9.94. The normalized spacial score (nSPS) is 10.8. The Bertz CT molecular complexity index is 1100. The summed E-state index contributed by atoms with van der Waals surface area (Å²) in [5.41, 5.74) is 7.71. The van der Waals surface area contributed by atoms with Crippen LogP contribution < -0.4 is 0 Å². The summed E-state index contributed by atoms with van der Waals surface area (Å²) in [4.78, 5) is 11.6. The van der Waals surface area contributed by atoms with Gasteiger partial charge in [-0.15, -0.1) is 0 Å². The van der Waals surface area contributed by atoms with Crippen LogP contribution in [0.5, 0.6) is 0 Å². The van der Waals surface area contributed by atoms with Crippen LogP contribution >= 0.6 is 0 Å². The Morgan fingerprint density at radius 1 is 0.875 bits per heavy atom. The molecule has 166 valence electrons. The first-order valence-electron chi connectivity index (χ1n) is 11.3. The van der Waals surface area contributed by atoms with Crippen LogP contribution in [0.15, 0.2) is 72.8 Å². The second kappa shape index (κ2) is 10.9. The van der Waals surface area contributed by atoms with Crippen LogP contribution in [0.4, 0.5) is 4.39 Å². The Morgan fingerprint density at radius 2 is 1.56 bits per heavy atom. The summed E-state index contributed by atoms with van der Waals surface area (Å²) in [5.74, 6) is -0.519. The molecule has 2 nitrogen and oxygen atoms in total. The molecule has 0 N–H and O–H groups in total. The van der Waals surface area contributed by atoms with Gasteiger partial charge in [-0.1, -0.05) is 75.0 Å². The maximum atomic E-state index is 14.5. The molecule has 0 aliphatic rings. The minimum atomic E-state index is -0.338. The Hall–Kier alpha value is -3.20. The number of hydrogen-bond donors (Lipinski definition) is 0. The van der Waals surface area contributed by atoms with Crippen molar-refractivity contribution in [3.8, 4) is 22.3 Å². The number of carbonyl (C=O) groups is 1. The van der Waals surface area contributed by atoms with Gasteiger partial charge in [-0.25, -0.2) is 9.18 Å². The van der Waals surface area contributed by atoms with E-state index >= 15 is 0 Å². The van der Waals surface area contributed by atoms with Gasteiger partial charge >= 0.3 is 5.97 Å². The molecule has 0 unspecified atom stereocenters. The predicted molar refractivity (Wildman–Crippen MR) is 130 cm³/mol. The Labute approximate surface area is 190 Å². The molecule has 0 aliphatic heterocycles. The largest absolute Gasteiger partial charge is 0.462 e. The van der Waals surface area contributed by atoms with Gasteiger partial charge in [0.25, 0.3) is 0 Å². The lowest BCUT2D eigenvalue weighted by Gasteiger charge is -2.12. The van der Waals surface area contributed by atoms with E-state index < -0.39 is 0 Å². The molecule has 32 heavy (non-hydrogen) atoms. The third-order valence-electron chi connectivity index (χ3n) is 5.73. The Kier molecular flexibility index (Phi) is 7.99. The van der Waals surface area contributed by atoms with Crippen molar-refractivity contribution < 1.29 is 13.9 Å². The number of halogens is 1. The Morgan fingerprint density at radius 3 is 2.19 bits per heavy atom. The zero-order valence-electron chi connectivity index (χ0n) is 19.2. The fourth-order valence-corrected chi connectivity index (χ4v) is 3.79. The molecular weight excluding hydrogens is 399 g/mol. The van der Waals surface area contributed by atoms with Crippen molar-refractivity contribution in [1.82, 2.24) is 0 Å². The minimum absolute atomic E-state index is 0.181. The summed E-state index contributed by atoms with van der Waals surface area (Å²) < 4.78 is 19.7. The first-order chi connectivity index (χ1) is 15.4. The van der Waals surface area contributed by atoms with Crippen molar-refractivity contribution in [3.05, 3.63) is 95.3 Å². The third kappa shape index (κ3) is 5.73. The number of benzene rings is 3. The molecule has 0 saturated heterocycles. The Balaban J connectivity index is 1.75. The summed E-state index contributed by atoms with van der Waals surface area (Å²) in [6.45, 7) is 9.82. The summed E-state index contributed by atoms with van der Waals surface area (Å²) in [6, 6.07) is 20.0. The van der Waals surface area contributed by atoms with Crippen LogP contribution in [-0.4, -0.2) is 12.6 Å². The van der Waals surface area contributed by atoms with E-state index in [0.717, 1.165) is 47.9 Å². The third-order valence-corrected chi connectivity index (χ3v) is 5.73. The second-order valence-electron chi connectivity index (χ2n) is 8.10. The smallest absolute Gasteiger partial charge is 0.333 e. The summed E-state index contributed by atoms with van der Waals surface area (Å²) in [6.07, 6.45) is 3.38. The number of aryl methyl sites for hydroxylation is 3. The molecule has 0 amide bonds. The van der Waals surface area contributed by atoms with Crippen molar-refractivity contribution in [2.24, 2.45) is 0 Å². The number of rotatable bonds is 9. The van der Waals surface area contributed by atoms with E-state index in [1.165, 1.54) is 11.1 Å². The molecule has 0 radical (unpaired) electrons. The van der Waals surface area contributed by atoms with Gasteiger partial charge in [0, 0.05) is 11.1 Å². The highest BCUT2D eigenvalue weighted by Gasteiger charge is 2.09. The molecule has 0 spiro atoms. The topological polar surface area (TPSA) is 26.3 Å². The van der Waals surface area contributed by atoms with E-state index in [1.807, 2.05) is 43.3 Å². The van der Waals surface area contributed by atoms with E-state index in [4.69, 9.17) is 4.74 Å². The first kappa shape index (κ1) is 23.5. The monoisotopic (exact) mass is 430 g/mol. The van der Waals surface area contributed by atoms with E-state index in [0.29, 0.717) is 17.7 Å². The molecule has 3 heteroatoms. The summed E-state index contributed by atoms with van der Waals surface area (Å²) in [7, 11) is 0. The van der Waals surface area contributed by atoms with Crippen molar-refractivity contribution in [2.75, 3.05) is 6.61 Å². The van der Waals surface area contributed by atoms with Gasteiger partial charge in [0.1, 0.15) is 5.82 Å². The van der Waals surface area contributed by atoms with Crippen molar-refractivity contribution in [3.63, 3.8) is 0 Å². The minimum Gasteiger partial charge on any atom is -0.462 e. The quantitative estimate of drug-likeness (QED) is 0.202. The molecule has 0 saturated carbocycles. The lowest BCUT2D eigenvalue weighted by Crippen LogP contribution is -2.07. The van der Waals surface area contributed by atoms with Gasteiger partial charge < -0.3 is 4.74 Å². The summed E-state index contributed by atoms with van der Waals surface area (Å²) in [5, 5.41) is 0. The zero-order chi connectivity index (χ0) is 23.1. The average molecular weight is 431 g/mol. The second-order valence-corrected chi connectivity index (χ2v) is 8.10. The van der Waals surface area contributed by atoms with Crippen LogP contribution in [0.1, 0.15) is 43.9 Å². The fourth-order valence-electron chi connectivity index (χ4n) is 3.79. The molecule has 0 aliphatic carbocycles. The highest BCUT2D eigenvalue weighted by atomic mass is 19.1. The van der Waals surface area contributed by atoms with Crippen LogP contribution in [0.25, 0.3) is 22.3 Å². The highest BCUT2D eigenvalue weighted by Crippen LogP contribution is 2.29. The van der Waals surface area contributed by atoms with Crippen LogP contribution in [0.3, 0.4) is 0 Å². The van der Waals surface area contributed by atoms with Gasteiger partial charge in [0.2, 0.25) is 0 Å². The lowest BCUT2D eigenvalue weighted by molar-refractivity contribution is -0.139. The van der Waals surface area contributed by atoms with Crippen LogP contribution in [0, 0.1) is 5.82 Å². The number of carbonyl (C=O) groups excluding carboxylic acids is 1. The summed E-state index contributed by atoms with van der Waals surface area (Å²) >= 11 is 0. The zero-order valence-corrected chi connectivity index (χ0v) is 19.2. The van der Waals surface area contributed by atoms with Crippen LogP contribution in [-0.2, 0) is 28.8 Å². The van der Waals surface area contributed by atoms with E-state index in [9.17, 15) is 9.18 Å². The fraction of sp³-hybridized carbons (Fsp3) is 0.276. The van der Waals surface area contributed by atoms with Gasteiger partial charge in [0.05, 0.1) is 6.61 Å². The van der Waals surface area contributed by atoms with Gasteiger partial charge in [-0.05, 0) is 72.1 Å². The van der Waals surface area contributed by atoms with E-state index in [-0.39, 0.29) is 11.8 Å². The van der Waals surface area contributed by atoms with Crippen molar-refractivity contribution in [1.29, 1.82) is 0 Å². The van der Waals surface area contributed by atoms with Crippen LogP contribution in [0.2, 0.25) is 0 Å². The molecule has 3 aromatic rings. The highest BCUT2D eigenvalue weighted by molar-refractivity contribution is 5.86. The standard InChI is InChI=1S/C29H31FO2/c1-5-21-9-16-27(28(30)18-21)24-13-11-23(12-14-24)26-15-10-22(6-2)25(19-26)8-7-17-32-29(31)20(3)4/h9-16,18-19H,3,5-8,17H2,1-2,4H3. The molecule has 0 heterocycles. The van der Waals surface area contributed by atoms with Crippen molar-refractivity contribution >= 4 is 5.97 Å². The number of esters is 1. The van der Waals surface area contributed by atoms with Gasteiger partial charge in [-0.3, -0.25) is 0 Å². The predicted octanol–water partition coefficient (Wildman–Crippen LogP) is 7.34. The van der Waals surface area contributed by atoms with Gasteiger partial charge in [0.15, 0.2) is 0 Å². The van der Waals surface area contributed by atoms with E-state index in [2.05, 4.69) is 31.7 Å². The average Bonchev–Trinajstić information content (AvgIpc) is 2.81. The molecule has 0 atom stereocenters. The molecule has 0 bridgehead atoms. The SMILES string of the molecule is C=C(C)C(=O)OCCCc1cc(-c2ccc(-c3ccc(CC)cc3F)cc2)ccc1CC. The van der Waals surface area contributed by atoms with Crippen molar-refractivity contribution in [2.45, 2.75) is 46.5 Å². The molecule has 3 rings (SSSR count). The van der Waals surface area contributed by atoms with Gasteiger partial charge in [-0.2, -0.15) is 0 Å².